The SMILES string of the molecule is COP(=O)(OC)C(C)(C)N. The first-order valence-electron chi connectivity index (χ1n) is 2.88. The van der Waals surface area contributed by atoms with E-state index in [-0.39, 0.29) is 0 Å². The molecule has 0 unspecified atom stereocenters. The van der Waals surface area contributed by atoms with Crippen LogP contribution in [0.2, 0.25) is 0 Å². The number of hydrogen-bond acceptors (Lipinski definition) is 4. The normalized spacial score (nSPS) is 13.7. The largest absolute Gasteiger partial charge is 0.349 e. The first-order valence-corrected chi connectivity index (χ1v) is 4.42. The van der Waals surface area contributed by atoms with Gasteiger partial charge in [-0.25, -0.2) is 0 Å². The van der Waals surface area contributed by atoms with Crippen molar-refractivity contribution in [2.24, 2.45) is 5.73 Å². The quantitative estimate of drug-likeness (QED) is 0.641. The highest BCUT2D eigenvalue weighted by Gasteiger charge is 2.38. The molecule has 0 spiro atoms. The number of rotatable bonds is 3. The predicted octanol–water partition coefficient (Wildman–Crippen LogP) is 1.17. The molecule has 0 aromatic rings. The van der Waals surface area contributed by atoms with Crippen LogP contribution in [0.1, 0.15) is 13.8 Å². The van der Waals surface area contributed by atoms with E-state index in [1.165, 1.54) is 14.2 Å². The number of hydrogen-bond donors (Lipinski definition) is 1. The summed E-state index contributed by atoms with van der Waals surface area (Å²) < 4.78 is 20.7. The Morgan fingerprint density at radius 3 is 1.60 bits per heavy atom. The molecule has 0 saturated heterocycles. The van der Waals surface area contributed by atoms with Crippen LogP contribution in [0.25, 0.3) is 0 Å². The molecule has 10 heavy (non-hydrogen) atoms. The Morgan fingerprint density at radius 2 is 1.60 bits per heavy atom. The van der Waals surface area contributed by atoms with Gasteiger partial charge in [0.1, 0.15) is 5.28 Å². The van der Waals surface area contributed by atoms with Gasteiger partial charge in [0, 0.05) is 14.2 Å². The van der Waals surface area contributed by atoms with E-state index in [9.17, 15) is 4.57 Å². The fraction of sp³-hybridized carbons (Fsp3) is 1.00. The van der Waals surface area contributed by atoms with Crippen LogP contribution < -0.4 is 5.73 Å². The van der Waals surface area contributed by atoms with Crippen LogP contribution in [0.5, 0.6) is 0 Å². The molecule has 0 atom stereocenters. The van der Waals surface area contributed by atoms with Gasteiger partial charge in [-0.15, -0.1) is 0 Å². The minimum Gasteiger partial charge on any atom is -0.316 e. The summed E-state index contributed by atoms with van der Waals surface area (Å²) in [4.78, 5) is 0. The van der Waals surface area contributed by atoms with Gasteiger partial charge < -0.3 is 14.8 Å². The van der Waals surface area contributed by atoms with Gasteiger partial charge in [0.2, 0.25) is 0 Å². The van der Waals surface area contributed by atoms with E-state index >= 15 is 0 Å². The van der Waals surface area contributed by atoms with E-state index in [1.807, 2.05) is 0 Å². The van der Waals surface area contributed by atoms with E-state index < -0.39 is 12.9 Å². The maximum absolute atomic E-state index is 11.4. The lowest BCUT2D eigenvalue weighted by molar-refractivity contribution is 0.252. The maximum atomic E-state index is 11.4. The van der Waals surface area contributed by atoms with Crippen molar-refractivity contribution in [3.8, 4) is 0 Å². The van der Waals surface area contributed by atoms with E-state index in [4.69, 9.17) is 5.73 Å². The van der Waals surface area contributed by atoms with Crippen LogP contribution in [0.4, 0.5) is 0 Å². The molecule has 0 rings (SSSR count). The Kier molecular flexibility index (Phi) is 3.04. The van der Waals surface area contributed by atoms with Crippen molar-refractivity contribution in [3.05, 3.63) is 0 Å². The molecule has 5 heteroatoms. The Labute approximate surface area is 61.2 Å². The van der Waals surface area contributed by atoms with Gasteiger partial charge in [0.05, 0.1) is 0 Å². The lowest BCUT2D eigenvalue weighted by Crippen LogP contribution is -2.32. The second kappa shape index (κ2) is 3.01. The van der Waals surface area contributed by atoms with Gasteiger partial charge in [-0.3, -0.25) is 4.57 Å². The zero-order valence-corrected chi connectivity index (χ0v) is 7.64. The predicted molar refractivity (Wildman–Crippen MR) is 39.9 cm³/mol. The third-order valence-electron chi connectivity index (χ3n) is 1.19. The molecule has 0 radical (unpaired) electrons. The monoisotopic (exact) mass is 167 g/mol. The average Bonchev–Trinajstić information content (AvgIpc) is 1.84. The van der Waals surface area contributed by atoms with E-state index in [0.29, 0.717) is 0 Å². The summed E-state index contributed by atoms with van der Waals surface area (Å²) in [6.07, 6.45) is 0. The molecule has 0 heterocycles. The zero-order chi connectivity index (χ0) is 8.41. The van der Waals surface area contributed by atoms with E-state index in [2.05, 4.69) is 9.05 Å². The molecule has 2 N–H and O–H groups in total. The molecule has 4 nitrogen and oxygen atoms in total. The summed E-state index contributed by atoms with van der Waals surface area (Å²) in [6.45, 7) is 3.20. The molecule has 0 saturated carbocycles. The van der Waals surface area contributed by atoms with Crippen LogP contribution in [0, 0.1) is 0 Å². The molecule has 62 valence electrons. The lowest BCUT2D eigenvalue weighted by Gasteiger charge is -2.26. The maximum Gasteiger partial charge on any atom is 0.349 e. The Balaban J connectivity index is 4.51. The van der Waals surface area contributed by atoms with Gasteiger partial charge >= 0.3 is 7.60 Å². The van der Waals surface area contributed by atoms with Crippen molar-refractivity contribution in [1.82, 2.24) is 0 Å². The number of nitrogens with two attached hydrogens (primary N) is 1. The molecular formula is C5H14NO3P. The summed E-state index contributed by atoms with van der Waals surface area (Å²) in [5.74, 6) is 0. The molecule has 0 aromatic heterocycles. The fourth-order valence-corrected chi connectivity index (χ4v) is 1.64. The van der Waals surface area contributed by atoms with Crippen molar-refractivity contribution in [1.29, 1.82) is 0 Å². The lowest BCUT2D eigenvalue weighted by atomic mass is 10.4. The Hall–Kier alpha value is 0.110. The Bertz CT molecular complexity index is 143. The van der Waals surface area contributed by atoms with E-state index in [0.717, 1.165) is 0 Å². The molecule has 0 amide bonds. The average molecular weight is 167 g/mol. The van der Waals surface area contributed by atoms with Gasteiger partial charge in [-0.2, -0.15) is 0 Å². The molecule has 0 aliphatic carbocycles. The van der Waals surface area contributed by atoms with Gasteiger partial charge in [-0.05, 0) is 13.8 Å². The third kappa shape index (κ3) is 1.80. The standard InChI is InChI=1S/C5H14NO3P/c1-5(2,6)10(7,8-3)9-4/h6H2,1-4H3. The van der Waals surface area contributed by atoms with Gasteiger partial charge in [-0.1, -0.05) is 0 Å². The van der Waals surface area contributed by atoms with Crippen molar-refractivity contribution < 1.29 is 13.6 Å². The summed E-state index contributed by atoms with van der Waals surface area (Å²) >= 11 is 0. The molecule has 0 aliphatic heterocycles. The van der Waals surface area contributed by atoms with Crippen LogP contribution in [0.15, 0.2) is 0 Å². The first kappa shape index (κ1) is 10.1. The fourth-order valence-electron chi connectivity index (χ4n) is 0.545. The second-order valence-electron chi connectivity index (χ2n) is 2.52. The first-order chi connectivity index (χ1) is 4.37. The third-order valence-corrected chi connectivity index (χ3v) is 3.56. The van der Waals surface area contributed by atoms with Crippen LogP contribution in [-0.4, -0.2) is 19.5 Å². The molecule has 0 aromatic carbocycles. The van der Waals surface area contributed by atoms with Crippen molar-refractivity contribution in [2.45, 2.75) is 19.1 Å². The summed E-state index contributed by atoms with van der Waals surface area (Å²) in [5.41, 5.74) is 5.52. The molecular weight excluding hydrogens is 153 g/mol. The highest BCUT2D eigenvalue weighted by Crippen LogP contribution is 2.55. The van der Waals surface area contributed by atoms with Crippen molar-refractivity contribution >= 4 is 7.60 Å². The van der Waals surface area contributed by atoms with Crippen molar-refractivity contribution in [2.75, 3.05) is 14.2 Å². The van der Waals surface area contributed by atoms with Gasteiger partial charge in [0.25, 0.3) is 0 Å². The topological polar surface area (TPSA) is 61.5 Å². The van der Waals surface area contributed by atoms with Crippen LogP contribution >= 0.6 is 7.60 Å². The summed E-state index contributed by atoms with van der Waals surface area (Å²) in [7, 11) is -0.451. The van der Waals surface area contributed by atoms with Gasteiger partial charge in [0.15, 0.2) is 0 Å². The Morgan fingerprint density at radius 1 is 1.30 bits per heavy atom. The zero-order valence-electron chi connectivity index (χ0n) is 6.75. The smallest absolute Gasteiger partial charge is 0.316 e. The highest BCUT2D eigenvalue weighted by atomic mass is 31.2. The molecule has 0 fully saturated rings. The minimum absolute atomic E-state index is 0.934. The van der Waals surface area contributed by atoms with Crippen LogP contribution in [0.3, 0.4) is 0 Å². The summed E-state index contributed by atoms with van der Waals surface area (Å²) in [6, 6.07) is 0. The van der Waals surface area contributed by atoms with Crippen LogP contribution in [-0.2, 0) is 13.6 Å². The highest BCUT2D eigenvalue weighted by molar-refractivity contribution is 7.55. The minimum atomic E-state index is -3.09. The van der Waals surface area contributed by atoms with Crippen molar-refractivity contribution in [3.63, 3.8) is 0 Å². The molecule has 0 bridgehead atoms. The summed E-state index contributed by atoms with van der Waals surface area (Å²) in [5, 5.41) is -0.934. The van der Waals surface area contributed by atoms with E-state index in [1.54, 1.807) is 13.8 Å². The second-order valence-corrected chi connectivity index (χ2v) is 5.39. The molecule has 0 aliphatic rings.